The molecule has 0 bridgehead atoms. The molecule has 0 fully saturated rings. The summed E-state index contributed by atoms with van der Waals surface area (Å²) in [6.45, 7) is 6.76. The first-order chi connectivity index (χ1) is 10.5. The number of ether oxygens (including phenoxy) is 1. The highest BCUT2D eigenvalue weighted by Gasteiger charge is 2.12. The van der Waals surface area contributed by atoms with Crippen molar-refractivity contribution in [1.29, 1.82) is 0 Å². The summed E-state index contributed by atoms with van der Waals surface area (Å²) in [6, 6.07) is 4.94. The van der Waals surface area contributed by atoms with Gasteiger partial charge in [0.1, 0.15) is 0 Å². The van der Waals surface area contributed by atoms with Crippen molar-refractivity contribution >= 4 is 0 Å². The van der Waals surface area contributed by atoms with Crippen molar-refractivity contribution < 1.29 is 13.7 Å². The van der Waals surface area contributed by atoms with Gasteiger partial charge < -0.3 is 14.6 Å². The average molecular weight is 307 g/mol. The number of hydrogen-bond acceptors (Lipinski definition) is 5. The van der Waals surface area contributed by atoms with Crippen LogP contribution in [-0.4, -0.2) is 23.8 Å². The third-order valence-electron chi connectivity index (χ3n) is 3.46. The Hall–Kier alpha value is -1.95. The third-order valence-corrected chi connectivity index (χ3v) is 3.46. The van der Waals surface area contributed by atoms with Gasteiger partial charge in [0.25, 0.3) is 0 Å². The van der Waals surface area contributed by atoms with Crippen LogP contribution >= 0.6 is 0 Å². The molecule has 6 heteroatoms. The molecule has 1 aromatic carbocycles. The maximum absolute atomic E-state index is 13.4. The summed E-state index contributed by atoms with van der Waals surface area (Å²) in [5.41, 5.74) is 0.964. The van der Waals surface area contributed by atoms with Crippen molar-refractivity contribution in [2.45, 2.75) is 39.2 Å². The molecule has 1 aromatic heterocycles. The van der Waals surface area contributed by atoms with Crippen molar-refractivity contribution in [3.8, 4) is 5.75 Å². The second-order valence-corrected chi connectivity index (χ2v) is 5.52. The molecule has 1 atom stereocenters. The fourth-order valence-corrected chi connectivity index (χ4v) is 2.06. The van der Waals surface area contributed by atoms with Crippen LogP contribution in [0.1, 0.15) is 50.0 Å². The number of nitrogens with zero attached hydrogens (tertiary/aromatic N) is 2. The summed E-state index contributed by atoms with van der Waals surface area (Å²) in [7, 11) is 1.46. The highest BCUT2D eigenvalue weighted by molar-refractivity contribution is 5.31. The second-order valence-electron chi connectivity index (χ2n) is 5.52. The number of rotatable bonds is 7. The number of benzene rings is 1. The maximum atomic E-state index is 13.4. The predicted octanol–water partition coefficient (Wildman–Crippen LogP) is 3.23. The van der Waals surface area contributed by atoms with Gasteiger partial charge in [-0.25, -0.2) is 4.39 Å². The van der Waals surface area contributed by atoms with Crippen LogP contribution in [0, 0.1) is 5.82 Å². The van der Waals surface area contributed by atoms with E-state index in [9.17, 15) is 4.39 Å². The lowest BCUT2D eigenvalue weighted by molar-refractivity contribution is 0.366. The molecule has 0 aliphatic rings. The number of halogens is 1. The third kappa shape index (κ3) is 4.04. The van der Waals surface area contributed by atoms with Gasteiger partial charge in [0.15, 0.2) is 17.4 Å². The second kappa shape index (κ2) is 7.35. The van der Waals surface area contributed by atoms with Crippen molar-refractivity contribution in [2.24, 2.45) is 0 Å². The van der Waals surface area contributed by atoms with Gasteiger partial charge in [-0.2, -0.15) is 4.98 Å². The molecule has 2 aromatic rings. The van der Waals surface area contributed by atoms with E-state index in [1.54, 1.807) is 12.1 Å². The minimum Gasteiger partial charge on any atom is -0.494 e. The highest BCUT2D eigenvalue weighted by atomic mass is 19.1. The molecule has 0 aliphatic heterocycles. The van der Waals surface area contributed by atoms with Gasteiger partial charge in [-0.05, 0) is 24.6 Å². The van der Waals surface area contributed by atoms with Gasteiger partial charge in [0.2, 0.25) is 5.89 Å². The Morgan fingerprint density at radius 3 is 2.73 bits per heavy atom. The van der Waals surface area contributed by atoms with Crippen LogP contribution in [0.5, 0.6) is 5.75 Å². The normalized spacial score (nSPS) is 12.6. The quantitative estimate of drug-likeness (QED) is 0.851. The van der Waals surface area contributed by atoms with Gasteiger partial charge in [0, 0.05) is 24.9 Å². The molecule has 1 unspecified atom stereocenters. The lowest BCUT2D eigenvalue weighted by Gasteiger charge is -2.14. The Bertz CT molecular complexity index is 613. The number of methoxy groups -OCH3 is 1. The topological polar surface area (TPSA) is 60.2 Å². The average Bonchev–Trinajstić information content (AvgIpc) is 2.96. The van der Waals surface area contributed by atoms with E-state index in [0.717, 1.165) is 11.4 Å². The van der Waals surface area contributed by atoms with Crippen molar-refractivity contribution in [3.63, 3.8) is 0 Å². The zero-order valence-electron chi connectivity index (χ0n) is 13.4. The molecule has 1 N–H and O–H groups in total. The zero-order chi connectivity index (χ0) is 16.1. The maximum Gasteiger partial charge on any atom is 0.227 e. The molecule has 0 amide bonds. The molecular formula is C16H22FN3O2. The van der Waals surface area contributed by atoms with Crippen LogP contribution < -0.4 is 10.1 Å². The Morgan fingerprint density at radius 1 is 1.32 bits per heavy atom. The minimum absolute atomic E-state index is 0.0713. The molecule has 2 rings (SSSR count). The van der Waals surface area contributed by atoms with E-state index in [4.69, 9.17) is 9.26 Å². The Kier molecular flexibility index (Phi) is 5.49. The SMILES string of the molecule is COc1cc(C(C)NCCc2nc(C(C)C)no2)ccc1F. The first kappa shape index (κ1) is 16.4. The van der Waals surface area contributed by atoms with Crippen LogP contribution in [0.3, 0.4) is 0 Å². The Labute approximate surface area is 129 Å². The molecule has 1 heterocycles. The fourth-order valence-electron chi connectivity index (χ4n) is 2.06. The molecule has 22 heavy (non-hydrogen) atoms. The van der Waals surface area contributed by atoms with Crippen LogP contribution in [0.25, 0.3) is 0 Å². The smallest absolute Gasteiger partial charge is 0.227 e. The van der Waals surface area contributed by atoms with E-state index < -0.39 is 0 Å². The molecule has 0 spiro atoms. The van der Waals surface area contributed by atoms with E-state index >= 15 is 0 Å². The van der Waals surface area contributed by atoms with Gasteiger partial charge in [0.05, 0.1) is 7.11 Å². The van der Waals surface area contributed by atoms with E-state index in [-0.39, 0.29) is 23.5 Å². The molecule has 0 aliphatic carbocycles. The summed E-state index contributed by atoms with van der Waals surface area (Å²) >= 11 is 0. The van der Waals surface area contributed by atoms with Crippen molar-refractivity contribution in [2.75, 3.05) is 13.7 Å². The van der Waals surface area contributed by atoms with E-state index in [1.807, 2.05) is 20.8 Å². The monoisotopic (exact) mass is 307 g/mol. The van der Waals surface area contributed by atoms with E-state index in [1.165, 1.54) is 13.2 Å². The summed E-state index contributed by atoms with van der Waals surface area (Å²) < 4.78 is 23.6. The lowest BCUT2D eigenvalue weighted by Crippen LogP contribution is -2.21. The summed E-state index contributed by atoms with van der Waals surface area (Å²) in [5.74, 6) is 1.51. The number of nitrogens with one attached hydrogen (secondary N) is 1. The van der Waals surface area contributed by atoms with Crippen LogP contribution in [0.2, 0.25) is 0 Å². The number of aromatic nitrogens is 2. The lowest BCUT2D eigenvalue weighted by atomic mass is 10.1. The summed E-state index contributed by atoms with van der Waals surface area (Å²) in [6.07, 6.45) is 0.655. The zero-order valence-corrected chi connectivity index (χ0v) is 13.4. The predicted molar refractivity (Wildman–Crippen MR) is 81.5 cm³/mol. The van der Waals surface area contributed by atoms with Crippen LogP contribution in [-0.2, 0) is 6.42 Å². The van der Waals surface area contributed by atoms with E-state index in [2.05, 4.69) is 15.5 Å². The standard InChI is InChI=1S/C16H22FN3O2/c1-10(2)16-19-15(22-20-16)7-8-18-11(3)12-5-6-13(17)14(9-12)21-4/h5-6,9-11,18H,7-8H2,1-4H3. The number of hydrogen-bond donors (Lipinski definition) is 1. The fraction of sp³-hybridized carbons (Fsp3) is 0.500. The van der Waals surface area contributed by atoms with Gasteiger partial charge >= 0.3 is 0 Å². The summed E-state index contributed by atoms with van der Waals surface area (Å²) in [4.78, 5) is 4.33. The first-order valence-corrected chi connectivity index (χ1v) is 7.40. The summed E-state index contributed by atoms with van der Waals surface area (Å²) in [5, 5.41) is 7.28. The van der Waals surface area contributed by atoms with Crippen molar-refractivity contribution in [3.05, 3.63) is 41.3 Å². The molecule has 0 saturated carbocycles. The molecular weight excluding hydrogens is 285 g/mol. The molecule has 5 nitrogen and oxygen atoms in total. The van der Waals surface area contributed by atoms with Crippen LogP contribution in [0.15, 0.2) is 22.7 Å². The Morgan fingerprint density at radius 2 is 2.09 bits per heavy atom. The van der Waals surface area contributed by atoms with Gasteiger partial charge in [-0.15, -0.1) is 0 Å². The van der Waals surface area contributed by atoms with Crippen molar-refractivity contribution in [1.82, 2.24) is 15.5 Å². The van der Waals surface area contributed by atoms with E-state index in [0.29, 0.717) is 18.9 Å². The first-order valence-electron chi connectivity index (χ1n) is 7.40. The minimum atomic E-state index is -0.356. The molecule has 0 radical (unpaired) electrons. The highest BCUT2D eigenvalue weighted by Crippen LogP contribution is 2.22. The van der Waals surface area contributed by atoms with Gasteiger partial charge in [-0.3, -0.25) is 0 Å². The van der Waals surface area contributed by atoms with Gasteiger partial charge in [-0.1, -0.05) is 25.1 Å². The molecule has 120 valence electrons. The van der Waals surface area contributed by atoms with Crippen LogP contribution in [0.4, 0.5) is 4.39 Å². The molecule has 0 saturated heterocycles. The largest absolute Gasteiger partial charge is 0.494 e. The Balaban J connectivity index is 1.88.